The fourth-order valence-electron chi connectivity index (χ4n) is 1.30. The first-order valence-electron chi connectivity index (χ1n) is 5.60. The summed E-state index contributed by atoms with van der Waals surface area (Å²) in [5, 5.41) is 14.0. The minimum Gasteiger partial charge on any atom is -0.389 e. The minimum atomic E-state index is -0.679. The van der Waals surface area contributed by atoms with Gasteiger partial charge in [0, 0.05) is 18.1 Å². The Morgan fingerprint density at radius 2 is 2.00 bits per heavy atom. The Balaban J connectivity index is 2.45. The molecule has 90 valence electrons. The molecule has 0 radical (unpaired) electrons. The molecule has 0 aliphatic rings. The Morgan fingerprint density at radius 1 is 1.38 bits per heavy atom. The van der Waals surface area contributed by atoms with Crippen LogP contribution in [0.3, 0.4) is 0 Å². The molecule has 1 atom stereocenters. The van der Waals surface area contributed by atoms with Crippen molar-refractivity contribution in [3.05, 3.63) is 34.9 Å². The Morgan fingerprint density at radius 3 is 2.56 bits per heavy atom. The van der Waals surface area contributed by atoms with Gasteiger partial charge in [-0.05, 0) is 24.5 Å². The predicted octanol–water partition coefficient (Wildman–Crippen LogP) is 2.84. The maximum Gasteiger partial charge on any atom is 0.0766 e. The van der Waals surface area contributed by atoms with Gasteiger partial charge in [-0.1, -0.05) is 43.6 Å². The van der Waals surface area contributed by atoms with Crippen LogP contribution in [0.25, 0.3) is 0 Å². The van der Waals surface area contributed by atoms with Gasteiger partial charge >= 0.3 is 0 Å². The van der Waals surface area contributed by atoms with E-state index in [0.717, 1.165) is 10.6 Å². The normalized spacial score (nSPS) is 15.1. The van der Waals surface area contributed by atoms with Crippen LogP contribution in [0.5, 0.6) is 0 Å². The zero-order chi connectivity index (χ0) is 12.2. The minimum absolute atomic E-state index is 0.228. The average Bonchev–Trinajstić information content (AvgIpc) is 2.20. The van der Waals surface area contributed by atoms with Crippen molar-refractivity contribution in [2.45, 2.75) is 32.9 Å². The predicted molar refractivity (Wildman–Crippen MR) is 68.6 cm³/mol. The largest absolute Gasteiger partial charge is 0.389 e. The summed E-state index contributed by atoms with van der Waals surface area (Å²) in [6, 6.07) is 7.73. The fourth-order valence-corrected chi connectivity index (χ4v) is 1.50. The van der Waals surface area contributed by atoms with E-state index < -0.39 is 5.60 Å². The van der Waals surface area contributed by atoms with Gasteiger partial charge < -0.3 is 10.4 Å². The monoisotopic (exact) mass is 241 g/mol. The fraction of sp³-hybridized carbons (Fsp3) is 0.538. The zero-order valence-corrected chi connectivity index (χ0v) is 10.9. The molecule has 1 unspecified atom stereocenters. The molecule has 2 nitrogen and oxygen atoms in total. The molecule has 0 fully saturated rings. The van der Waals surface area contributed by atoms with Crippen molar-refractivity contribution in [1.82, 2.24) is 5.32 Å². The van der Waals surface area contributed by atoms with Crippen molar-refractivity contribution in [3.8, 4) is 0 Å². The van der Waals surface area contributed by atoms with E-state index >= 15 is 0 Å². The Hall–Kier alpha value is -0.570. The molecule has 0 saturated heterocycles. The molecule has 0 saturated carbocycles. The third-order valence-corrected chi connectivity index (χ3v) is 3.37. The van der Waals surface area contributed by atoms with Gasteiger partial charge in [-0.2, -0.15) is 0 Å². The maximum absolute atomic E-state index is 10.0. The van der Waals surface area contributed by atoms with E-state index in [9.17, 15) is 5.11 Å². The summed E-state index contributed by atoms with van der Waals surface area (Å²) in [6.07, 6.45) is 0. The van der Waals surface area contributed by atoms with Gasteiger partial charge in [0.1, 0.15) is 0 Å². The molecule has 0 aromatic heterocycles. The first kappa shape index (κ1) is 13.5. The summed E-state index contributed by atoms with van der Waals surface area (Å²) >= 11 is 6.03. The zero-order valence-electron chi connectivity index (χ0n) is 10.1. The van der Waals surface area contributed by atoms with Crippen molar-refractivity contribution in [2.24, 2.45) is 5.92 Å². The summed E-state index contributed by atoms with van der Waals surface area (Å²) in [5.41, 5.74) is 0.380. The van der Waals surface area contributed by atoms with Gasteiger partial charge in [-0.15, -0.1) is 0 Å². The van der Waals surface area contributed by atoms with E-state index in [4.69, 9.17) is 11.6 Å². The van der Waals surface area contributed by atoms with Gasteiger partial charge in [0.05, 0.1) is 5.60 Å². The van der Waals surface area contributed by atoms with Crippen LogP contribution < -0.4 is 5.32 Å². The number of benzene rings is 1. The van der Waals surface area contributed by atoms with Crippen LogP contribution in [-0.4, -0.2) is 17.3 Å². The van der Waals surface area contributed by atoms with E-state index in [2.05, 4.69) is 5.32 Å². The lowest BCUT2D eigenvalue weighted by atomic mass is 9.92. The molecule has 0 bridgehead atoms. The van der Waals surface area contributed by atoms with Crippen LogP contribution >= 0.6 is 11.6 Å². The van der Waals surface area contributed by atoms with Gasteiger partial charge in [-0.25, -0.2) is 0 Å². The topological polar surface area (TPSA) is 32.3 Å². The van der Waals surface area contributed by atoms with Crippen molar-refractivity contribution in [2.75, 3.05) is 6.54 Å². The lowest BCUT2D eigenvalue weighted by Crippen LogP contribution is -2.41. The standard InChI is InChI=1S/C13H20ClNO/c1-10(2)13(3,16)9-15-8-11-6-4-5-7-12(11)14/h4-7,10,15-16H,8-9H2,1-3H3. The molecule has 0 spiro atoms. The number of hydrogen-bond donors (Lipinski definition) is 2. The van der Waals surface area contributed by atoms with Crippen LogP contribution in [0.15, 0.2) is 24.3 Å². The first-order chi connectivity index (χ1) is 7.43. The summed E-state index contributed by atoms with van der Waals surface area (Å²) in [7, 11) is 0. The smallest absolute Gasteiger partial charge is 0.0766 e. The molecule has 0 aliphatic carbocycles. The van der Waals surface area contributed by atoms with E-state index in [1.165, 1.54) is 0 Å². The second kappa shape index (κ2) is 5.67. The quantitative estimate of drug-likeness (QED) is 0.831. The van der Waals surface area contributed by atoms with E-state index in [0.29, 0.717) is 13.1 Å². The molecule has 16 heavy (non-hydrogen) atoms. The number of hydrogen-bond acceptors (Lipinski definition) is 2. The Bertz CT molecular complexity index is 336. The summed E-state index contributed by atoms with van der Waals surface area (Å²) < 4.78 is 0. The molecular weight excluding hydrogens is 222 g/mol. The second-order valence-corrected chi connectivity index (χ2v) is 5.11. The van der Waals surface area contributed by atoms with Gasteiger partial charge in [0.25, 0.3) is 0 Å². The Labute approximate surface area is 103 Å². The summed E-state index contributed by atoms with van der Waals surface area (Å²) in [6.45, 7) is 7.12. The second-order valence-electron chi connectivity index (χ2n) is 4.71. The van der Waals surface area contributed by atoms with Gasteiger partial charge in [0.15, 0.2) is 0 Å². The van der Waals surface area contributed by atoms with E-state index in [1.807, 2.05) is 45.0 Å². The maximum atomic E-state index is 10.0. The lowest BCUT2D eigenvalue weighted by molar-refractivity contribution is 0.0140. The average molecular weight is 242 g/mol. The third-order valence-electron chi connectivity index (χ3n) is 3.00. The highest BCUT2D eigenvalue weighted by molar-refractivity contribution is 6.31. The van der Waals surface area contributed by atoms with Crippen molar-refractivity contribution >= 4 is 11.6 Å². The third kappa shape index (κ3) is 3.78. The van der Waals surface area contributed by atoms with E-state index in [-0.39, 0.29) is 5.92 Å². The highest BCUT2D eigenvalue weighted by Crippen LogP contribution is 2.17. The number of aliphatic hydroxyl groups is 1. The number of nitrogens with one attached hydrogen (secondary N) is 1. The number of halogens is 1. The van der Waals surface area contributed by atoms with Crippen LogP contribution in [-0.2, 0) is 6.54 Å². The van der Waals surface area contributed by atoms with Gasteiger partial charge in [0.2, 0.25) is 0 Å². The molecule has 0 aliphatic heterocycles. The van der Waals surface area contributed by atoms with Crippen LogP contribution in [0.4, 0.5) is 0 Å². The molecule has 0 heterocycles. The van der Waals surface area contributed by atoms with Crippen molar-refractivity contribution in [1.29, 1.82) is 0 Å². The van der Waals surface area contributed by atoms with Crippen molar-refractivity contribution in [3.63, 3.8) is 0 Å². The summed E-state index contributed by atoms with van der Waals surface area (Å²) in [4.78, 5) is 0. The van der Waals surface area contributed by atoms with Crippen LogP contribution in [0.2, 0.25) is 5.02 Å². The van der Waals surface area contributed by atoms with Gasteiger partial charge in [-0.3, -0.25) is 0 Å². The molecule has 1 aromatic carbocycles. The number of rotatable bonds is 5. The first-order valence-corrected chi connectivity index (χ1v) is 5.98. The van der Waals surface area contributed by atoms with Crippen molar-refractivity contribution < 1.29 is 5.11 Å². The Kier molecular flexibility index (Phi) is 4.78. The molecule has 0 amide bonds. The molecule has 2 N–H and O–H groups in total. The molecule has 1 aromatic rings. The lowest BCUT2D eigenvalue weighted by Gasteiger charge is -2.28. The SMILES string of the molecule is CC(C)C(C)(O)CNCc1ccccc1Cl. The highest BCUT2D eigenvalue weighted by Gasteiger charge is 2.23. The molecular formula is C13H20ClNO. The summed E-state index contributed by atoms with van der Waals surface area (Å²) in [5.74, 6) is 0.228. The molecule has 3 heteroatoms. The highest BCUT2D eigenvalue weighted by atomic mass is 35.5. The van der Waals surface area contributed by atoms with Crippen LogP contribution in [0.1, 0.15) is 26.3 Å². The molecule has 1 rings (SSSR count). The van der Waals surface area contributed by atoms with E-state index in [1.54, 1.807) is 0 Å². The van der Waals surface area contributed by atoms with Crippen LogP contribution in [0, 0.1) is 5.92 Å².